The molecule has 100 valence electrons. The molecule has 0 aliphatic rings. The molecule has 0 rings (SSSR count). The predicted molar refractivity (Wildman–Crippen MR) is 61.9 cm³/mol. The van der Waals surface area contributed by atoms with E-state index in [0.717, 1.165) is 0 Å². The van der Waals surface area contributed by atoms with Gasteiger partial charge < -0.3 is 0 Å². The van der Waals surface area contributed by atoms with E-state index in [2.05, 4.69) is 0 Å². The molecule has 7 nitrogen and oxygen atoms in total. The van der Waals surface area contributed by atoms with Crippen LogP contribution in [-0.4, -0.2) is 56.6 Å². The van der Waals surface area contributed by atoms with Crippen LogP contribution in [0.3, 0.4) is 0 Å². The molecule has 8 heteroatoms. The molecule has 0 spiro atoms. The first-order valence-corrected chi connectivity index (χ1v) is 7.70. The van der Waals surface area contributed by atoms with E-state index in [1.165, 1.54) is 0 Å². The van der Waals surface area contributed by atoms with Crippen LogP contribution >= 0.6 is 7.49 Å². The van der Waals surface area contributed by atoms with E-state index in [1.807, 2.05) is 0 Å². The Kier molecular flexibility index (Phi) is 6.68. The zero-order chi connectivity index (χ0) is 13.5. The van der Waals surface area contributed by atoms with Crippen molar-refractivity contribution < 1.29 is 34.6 Å². The molecule has 0 aromatic rings. The van der Waals surface area contributed by atoms with Crippen molar-refractivity contribution in [2.75, 3.05) is 18.5 Å². The van der Waals surface area contributed by atoms with Crippen molar-refractivity contribution in [3.8, 4) is 0 Å². The average molecular weight is 268 g/mol. The molecule has 0 amide bonds. The van der Waals surface area contributed by atoms with E-state index in [4.69, 9.17) is 15.3 Å². The number of carboxylic acids is 3. The van der Waals surface area contributed by atoms with Crippen LogP contribution < -0.4 is 0 Å². The topological polar surface area (TPSA) is 132 Å². The van der Waals surface area contributed by atoms with E-state index in [-0.39, 0.29) is 37.7 Å². The Bertz CT molecular complexity index is 256. The van der Waals surface area contributed by atoms with Crippen molar-refractivity contribution in [1.29, 1.82) is 0 Å². The normalized spacial score (nSPS) is 12.1. The summed E-state index contributed by atoms with van der Waals surface area (Å²) in [6, 6.07) is 0. The number of hydrogen-bond donors (Lipinski definition) is 4. The summed E-state index contributed by atoms with van der Waals surface area (Å²) in [6.07, 6.45) is -0.819. The van der Waals surface area contributed by atoms with Gasteiger partial charge in [-0.3, -0.25) is 0 Å². The molecule has 0 saturated heterocycles. The van der Waals surface area contributed by atoms with Crippen LogP contribution in [0, 0.1) is 0 Å². The summed E-state index contributed by atoms with van der Waals surface area (Å²) >= 11 is 0. The zero-order valence-corrected chi connectivity index (χ0v) is 10.3. The van der Waals surface area contributed by atoms with Gasteiger partial charge in [-0.1, -0.05) is 0 Å². The average Bonchev–Trinajstić information content (AvgIpc) is 2.21. The summed E-state index contributed by atoms with van der Waals surface area (Å²) in [7, 11) is -3.08. The third kappa shape index (κ3) is 8.59. The van der Waals surface area contributed by atoms with Crippen LogP contribution in [0.1, 0.15) is 19.3 Å². The van der Waals surface area contributed by atoms with Crippen LogP contribution in [0.15, 0.2) is 0 Å². The number of carboxylic acid groups (broad SMARTS) is 3. The molecule has 4 N–H and O–H groups in total. The Hall–Kier alpha value is -1.20. The molecule has 0 aromatic heterocycles. The van der Waals surface area contributed by atoms with E-state index >= 15 is 0 Å². The molecular formula is C9H17O7P. The molecule has 0 fully saturated rings. The molecule has 0 unspecified atom stereocenters. The van der Waals surface area contributed by atoms with Crippen molar-refractivity contribution in [2.45, 2.75) is 19.3 Å². The number of rotatable bonds is 9. The molecule has 0 radical (unpaired) electrons. The van der Waals surface area contributed by atoms with Gasteiger partial charge >= 0.3 is 97.7 Å². The van der Waals surface area contributed by atoms with E-state index in [1.54, 1.807) is 0 Å². The van der Waals surface area contributed by atoms with Gasteiger partial charge in [0.05, 0.1) is 0 Å². The summed E-state index contributed by atoms with van der Waals surface area (Å²) in [4.78, 5) is 41.3. The van der Waals surface area contributed by atoms with Gasteiger partial charge in [-0.2, -0.15) is 0 Å². The molecule has 17 heavy (non-hydrogen) atoms. The van der Waals surface area contributed by atoms with E-state index in [9.17, 15) is 19.3 Å². The molecule has 0 aliphatic heterocycles. The Labute approximate surface area is 98.5 Å². The first-order chi connectivity index (χ1) is 7.75. The Morgan fingerprint density at radius 2 is 0.941 bits per heavy atom. The molecule has 0 aromatic carbocycles. The maximum absolute atomic E-state index is 10.4. The minimum atomic E-state index is -3.08. The van der Waals surface area contributed by atoms with E-state index in [0.29, 0.717) is 0 Å². The van der Waals surface area contributed by atoms with Crippen molar-refractivity contribution >= 4 is 25.4 Å². The van der Waals surface area contributed by atoms with Crippen LogP contribution in [0.25, 0.3) is 0 Å². The molecule has 0 aliphatic carbocycles. The fourth-order valence-electron chi connectivity index (χ4n) is 1.39. The Morgan fingerprint density at radius 1 is 0.706 bits per heavy atom. The van der Waals surface area contributed by atoms with Crippen LogP contribution in [0.2, 0.25) is 0 Å². The van der Waals surface area contributed by atoms with Crippen LogP contribution in [-0.2, 0) is 14.4 Å². The third-order valence-corrected chi connectivity index (χ3v) is 5.95. The van der Waals surface area contributed by atoms with Crippen LogP contribution in [0.4, 0.5) is 0 Å². The van der Waals surface area contributed by atoms with Gasteiger partial charge in [0.15, 0.2) is 0 Å². The Balaban J connectivity index is 4.37. The monoisotopic (exact) mass is 268 g/mol. The molecular weight excluding hydrogens is 251 g/mol. The van der Waals surface area contributed by atoms with Gasteiger partial charge in [-0.25, -0.2) is 0 Å². The first-order valence-electron chi connectivity index (χ1n) is 5.13. The Morgan fingerprint density at radius 3 is 1.12 bits per heavy atom. The summed E-state index contributed by atoms with van der Waals surface area (Å²) in [5.41, 5.74) is 0. The SMILES string of the molecule is O=C(O)CC[PH](O)(CCC(=O)O)CCC(=O)O. The first kappa shape index (κ1) is 15.8. The number of aliphatic carboxylic acids is 3. The van der Waals surface area contributed by atoms with Gasteiger partial charge in [0.1, 0.15) is 0 Å². The van der Waals surface area contributed by atoms with Gasteiger partial charge in [-0.05, 0) is 0 Å². The third-order valence-electron chi connectivity index (χ3n) is 2.41. The second kappa shape index (κ2) is 7.19. The maximum atomic E-state index is 10.4. The van der Waals surface area contributed by atoms with Crippen molar-refractivity contribution in [1.82, 2.24) is 0 Å². The predicted octanol–water partition coefficient (Wildman–Crippen LogP) is 0.0677. The van der Waals surface area contributed by atoms with Gasteiger partial charge in [-0.15, -0.1) is 0 Å². The summed E-state index contributed by atoms with van der Waals surface area (Å²) in [6.45, 7) is 0. The fraction of sp³-hybridized carbons (Fsp3) is 0.667. The van der Waals surface area contributed by atoms with Crippen LogP contribution in [0.5, 0.6) is 0 Å². The number of carbonyl (C=O) groups is 3. The van der Waals surface area contributed by atoms with Gasteiger partial charge in [0.2, 0.25) is 0 Å². The number of hydrogen-bond acceptors (Lipinski definition) is 4. The quantitative estimate of drug-likeness (QED) is 0.435. The molecule has 0 bridgehead atoms. The van der Waals surface area contributed by atoms with Crippen molar-refractivity contribution in [3.05, 3.63) is 0 Å². The minimum absolute atomic E-state index is 0.0110. The second-order valence-electron chi connectivity index (χ2n) is 3.91. The van der Waals surface area contributed by atoms with Crippen molar-refractivity contribution in [2.24, 2.45) is 0 Å². The molecule has 0 atom stereocenters. The fourth-order valence-corrected chi connectivity index (χ4v) is 4.18. The second-order valence-corrected chi connectivity index (χ2v) is 7.85. The zero-order valence-electron chi connectivity index (χ0n) is 9.26. The van der Waals surface area contributed by atoms with Gasteiger partial charge in [0, 0.05) is 0 Å². The molecule has 0 saturated carbocycles. The van der Waals surface area contributed by atoms with Crippen molar-refractivity contribution in [3.63, 3.8) is 0 Å². The summed E-state index contributed by atoms with van der Waals surface area (Å²) in [5, 5.41) is 25.5. The van der Waals surface area contributed by atoms with E-state index < -0.39 is 25.4 Å². The summed E-state index contributed by atoms with van der Waals surface area (Å²) < 4.78 is 0. The molecule has 0 heterocycles. The van der Waals surface area contributed by atoms with Gasteiger partial charge in [0.25, 0.3) is 0 Å². The standard InChI is InChI=1S/C9H17O7P/c10-7(11)1-4-17(16,5-2-8(12)13)6-3-9(14)15/h16-17H,1-6H2,(H,10,11)(H,12,13)(H,14,15). The summed E-state index contributed by atoms with van der Waals surface area (Å²) in [5.74, 6) is -3.25.